The second-order valence-corrected chi connectivity index (χ2v) is 4.63. The van der Waals surface area contributed by atoms with Crippen LogP contribution in [0.15, 0.2) is 33.9 Å². The van der Waals surface area contributed by atoms with Crippen LogP contribution in [-0.4, -0.2) is 15.3 Å². The summed E-state index contributed by atoms with van der Waals surface area (Å²) in [6, 6.07) is 7.87. The van der Waals surface area contributed by atoms with Gasteiger partial charge in [-0.25, -0.2) is 0 Å². The van der Waals surface area contributed by atoms with E-state index < -0.39 is 0 Å². The fourth-order valence-electron chi connectivity index (χ4n) is 1.30. The number of aryl methyl sites for hydroxylation is 1. The number of benzene rings is 1. The van der Waals surface area contributed by atoms with E-state index in [1.54, 1.807) is 0 Å². The molecule has 7 heteroatoms. The van der Waals surface area contributed by atoms with Crippen LogP contribution in [0.5, 0.6) is 0 Å². The lowest BCUT2D eigenvalue weighted by Gasteiger charge is -1.94. The predicted molar refractivity (Wildman–Crippen MR) is 71.6 cm³/mol. The van der Waals surface area contributed by atoms with Gasteiger partial charge < -0.3 is 16.1 Å². The largest absolute Gasteiger partial charge is 0.377 e. The molecule has 4 N–H and O–H groups in total. The van der Waals surface area contributed by atoms with Crippen molar-refractivity contribution in [3.8, 4) is 11.5 Å². The number of hydrogen-bond donors (Lipinski definition) is 2. The Morgan fingerprint density at radius 3 is 2.78 bits per heavy atom. The summed E-state index contributed by atoms with van der Waals surface area (Å²) in [6.45, 7) is 2.02. The van der Waals surface area contributed by atoms with Crippen molar-refractivity contribution in [1.29, 1.82) is 0 Å². The van der Waals surface area contributed by atoms with Gasteiger partial charge in [-0.05, 0) is 19.1 Å². The molecule has 6 nitrogen and oxygen atoms in total. The second kappa shape index (κ2) is 5.54. The Labute approximate surface area is 108 Å². The van der Waals surface area contributed by atoms with E-state index in [-0.39, 0.29) is 5.17 Å². The summed E-state index contributed by atoms with van der Waals surface area (Å²) in [5.74, 6) is 6.55. The SMILES string of the molecule is Cc1ccc(-c2nc(CSC(N)=NN)no2)cc1. The van der Waals surface area contributed by atoms with Gasteiger partial charge in [0.25, 0.3) is 5.89 Å². The zero-order valence-electron chi connectivity index (χ0n) is 9.83. The number of nitrogens with zero attached hydrogens (tertiary/aromatic N) is 3. The first kappa shape index (κ1) is 12.4. The first-order valence-electron chi connectivity index (χ1n) is 5.25. The smallest absolute Gasteiger partial charge is 0.257 e. The third kappa shape index (κ3) is 3.01. The molecule has 0 aliphatic heterocycles. The molecule has 0 saturated carbocycles. The van der Waals surface area contributed by atoms with E-state index in [4.69, 9.17) is 16.1 Å². The third-order valence-electron chi connectivity index (χ3n) is 2.24. The van der Waals surface area contributed by atoms with Crippen LogP contribution >= 0.6 is 11.8 Å². The zero-order chi connectivity index (χ0) is 13.0. The summed E-state index contributed by atoms with van der Waals surface area (Å²) in [5.41, 5.74) is 7.53. The molecule has 0 radical (unpaired) electrons. The Morgan fingerprint density at radius 1 is 1.39 bits per heavy atom. The number of nitrogens with two attached hydrogens (primary N) is 2. The van der Waals surface area contributed by atoms with Crippen LogP contribution < -0.4 is 11.6 Å². The van der Waals surface area contributed by atoms with E-state index in [1.165, 1.54) is 17.3 Å². The number of amidine groups is 1. The highest BCUT2D eigenvalue weighted by Gasteiger charge is 2.09. The average molecular weight is 263 g/mol. The molecule has 1 aromatic carbocycles. The topological polar surface area (TPSA) is 103 Å². The maximum atomic E-state index is 5.46. The van der Waals surface area contributed by atoms with Crippen LogP contribution in [0.2, 0.25) is 0 Å². The van der Waals surface area contributed by atoms with Crippen molar-refractivity contribution in [2.24, 2.45) is 16.7 Å². The fourth-order valence-corrected chi connectivity index (χ4v) is 1.77. The Balaban J connectivity index is 2.08. The zero-order valence-corrected chi connectivity index (χ0v) is 10.6. The molecule has 18 heavy (non-hydrogen) atoms. The average Bonchev–Trinajstić information content (AvgIpc) is 2.85. The number of rotatable bonds is 3. The van der Waals surface area contributed by atoms with Crippen LogP contribution in [0, 0.1) is 6.92 Å². The molecule has 0 aliphatic carbocycles. The van der Waals surface area contributed by atoms with Gasteiger partial charge in [-0.3, -0.25) is 0 Å². The lowest BCUT2D eigenvalue weighted by molar-refractivity contribution is 0.425. The van der Waals surface area contributed by atoms with Gasteiger partial charge in [0.2, 0.25) is 0 Å². The molecule has 2 rings (SSSR count). The summed E-state index contributed by atoms with van der Waals surface area (Å²) >= 11 is 1.26. The van der Waals surface area contributed by atoms with Crippen molar-refractivity contribution in [2.45, 2.75) is 12.7 Å². The lowest BCUT2D eigenvalue weighted by Crippen LogP contribution is -2.09. The van der Waals surface area contributed by atoms with Crippen molar-refractivity contribution < 1.29 is 4.52 Å². The molecule has 0 unspecified atom stereocenters. The quantitative estimate of drug-likeness (QED) is 0.376. The highest BCUT2D eigenvalue weighted by atomic mass is 32.2. The summed E-state index contributed by atoms with van der Waals surface area (Å²) in [5, 5.41) is 7.50. The van der Waals surface area contributed by atoms with Gasteiger partial charge in [0.05, 0.1) is 5.75 Å². The summed E-state index contributed by atoms with van der Waals surface area (Å²) in [7, 11) is 0. The van der Waals surface area contributed by atoms with E-state index in [9.17, 15) is 0 Å². The second-order valence-electron chi connectivity index (χ2n) is 3.64. The molecular weight excluding hydrogens is 250 g/mol. The van der Waals surface area contributed by atoms with Gasteiger partial charge in [0.1, 0.15) is 0 Å². The van der Waals surface area contributed by atoms with Crippen LogP contribution in [-0.2, 0) is 5.75 Å². The van der Waals surface area contributed by atoms with Crippen molar-refractivity contribution in [3.63, 3.8) is 0 Å². The van der Waals surface area contributed by atoms with Gasteiger partial charge in [-0.1, -0.05) is 34.6 Å². The first-order valence-corrected chi connectivity index (χ1v) is 6.23. The van der Waals surface area contributed by atoms with Gasteiger partial charge >= 0.3 is 0 Å². The molecule has 0 fully saturated rings. The maximum absolute atomic E-state index is 5.46. The van der Waals surface area contributed by atoms with E-state index in [1.807, 2.05) is 31.2 Å². The molecule has 0 aliphatic rings. The minimum atomic E-state index is 0.289. The van der Waals surface area contributed by atoms with Crippen molar-refractivity contribution in [1.82, 2.24) is 10.1 Å². The molecule has 0 saturated heterocycles. The van der Waals surface area contributed by atoms with Crippen LogP contribution in [0.4, 0.5) is 0 Å². The molecule has 1 heterocycles. The maximum Gasteiger partial charge on any atom is 0.257 e. The van der Waals surface area contributed by atoms with Crippen LogP contribution in [0.25, 0.3) is 11.5 Å². The van der Waals surface area contributed by atoms with E-state index in [2.05, 4.69) is 15.2 Å². The Morgan fingerprint density at radius 2 is 2.11 bits per heavy atom. The fraction of sp³-hybridized carbons (Fsp3) is 0.182. The Bertz CT molecular complexity index is 549. The van der Waals surface area contributed by atoms with Gasteiger partial charge in [-0.15, -0.1) is 0 Å². The van der Waals surface area contributed by atoms with Crippen LogP contribution in [0.3, 0.4) is 0 Å². The Kier molecular flexibility index (Phi) is 3.83. The lowest BCUT2D eigenvalue weighted by atomic mass is 10.1. The third-order valence-corrected chi connectivity index (χ3v) is 3.05. The predicted octanol–water partition coefficient (Wildman–Crippen LogP) is 1.47. The minimum Gasteiger partial charge on any atom is -0.377 e. The molecule has 0 amide bonds. The van der Waals surface area contributed by atoms with Gasteiger partial charge in [0, 0.05) is 5.56 Å². The highest BCUT2D eigenvalue weighted by Crippen LogP contribution is 2.19. The van der Waals surface area contributed by atoms with Crippen LogP contribution in [0.1, 0.15) is 11.4 Å². The number of aromatic nitrogens is 2. The molecule has 0 atom stereocenters. The molecule has 0 bridgehead atoms. The highest BCUT2D eigenvalue weighted by molar-refractivity contribution is 8.13. The molecule has 0 spiro atoms. The summed E-state index contributed by atoms with van der Waals surface area (Å²) < 4.78 is 5.17. The summed E-state index contributed by atoms with van der Waals surface area (Å²) in [6.07, 6.45) is 0. The number of hydrogen-bond acceptors (Lipinski definition) is 6. The van der Waals surface area contributed by atoms with Gasteiger partial charge in [-0.2, -0.15) is 10.1 Å². The Hall–Kier alpha value is -2.02. The van der Waals surface area contributed by atoms with E-state index in [0.717, 1.165) is 5.56 Å². The molecule has 94 valence electrons. The molecular formula is C11H13N5OS. The first-order chi connectivity index (χ1) is 8.69. The molecule has 2 aromatic rings. The minimum absolute atomic E-state index is 0.289. The van der Waals surface area contributed by atoms with Gasteiger partial charge in [0.15, 0.2) is 11.0 Å². The normalized spacial score (nSPS) is 11.7. The standard InChI is InChI=1S/C11H13N5OS/c1-7-2-4-8(5-3-7)10-14-9(16-17-10)6-18-11(12)15-13/h2-5H,6,13H2,1H3,(H2,12,15). The number of hydrazone groups is 1. The van der Waals surface area contributed by atoms with E-state index >= 15 is 0 Å². The summed E-state index contributed by atoms with van der Waals surface area (Å²) in [4.78, 5) is 4.27. The van der Waals surface area contributed by atoms with Crippen molar-refractivity contribution >= 4 is 16.9 Å². The van der Waals surface area contributed by atoms with Crippen molar-refractivity contribution in [3.05, 3.63) is 35.7 Å². The van der Waals surface area contributed by atoms with E-state index in [0.29, 0.717) is 17.5 Å². The monoisotopic (exact) mass is 263 g/mol. The van der Waals surface area contributed by atoms with Crippen molar-refractivity contribution in [2.75, 3.05) is 0 Å². The molecule has 1 aromatic heterocycles. The number of thioether (sulfide) groups is 1.